The number of nitrogens with zero attached hydrogens (tertiary/aromatic N) is 3. The Labute approximate surface area is 281 Å². The Morgan fingerprint density at radius 3 is 2.60 bits per heavy atom. The molecule has 1 aromatic heterocycles. The van der Waals surface area contributed by atoms with Crippen LogP contribution in [0.25, 0.3) is 11.3 Å². The fourth-order valence-corrected chi connectivity index (χ4v) is 6.86. The minimum absolute atomic E-state index is 0.0628. The number of rotatable bonds is 10. The van der Waals surface area contributed by atoms with Crippen LogP contribution in [0.3, 0.4) is 0 Å². The minimum Gasteiger partial charge on any atom is -0.457 e. The molecule has 256 valence electrons. The van der Waals surface area contributed by atoms with Gasteiger partial charge in [0.25, 0.3) is 0 Å². The van der Waals surface area contributed by atoms with Gasteiger partial charge in [0.1, 0.15) is 29.6 Å². The van der Waals surface area contributed by atoms with Gasteiger partial charge in [0.15, 0.2) is 5.60 Å². The lowest BCUT2D eigenvalue weighted by Crippen LogP contribution is -2.66. The number of nitrogens with one attached hydrogen (secondary N) is 2. The summed E-state index contributed by atoms with van der Waals surface area (Å²) in [4.78, 5) is 26.9. The number of methoxy groups -OCH3 is 1. The van der Waals surface area contributed by atoms with Gasteiger partial charge in [-0.05, 0) is 84.8 Å². The van der Waals surface area contributed by atoms with Gasteiger partial charge in [0.2, 0.25) is 0 Å². The quantitative estimate of drug-likeness (QED) is 0.0867. The van der Waals surface area contributed by atoms with Crippen molar-refractivity contribution in [2.75, 3.05) is 19.4 Å². The van der Waals surface area contributed by atoms with E-state index in [0.717, 1.165) is 24.1 Å². The van der Waals surface area contributed by atoms with Gasteiger partial charge in [-0.2, -0.15) is 0 Å². The summed E-state index contributed by atoms with van der Waals surface area (Å²) in [6.45, 7) is 14.4. The molecule has 1 saturated heterocycles. The van der Waals surface area contributed by atoms with E-state index in [1.807, 2.05) is 55.9 Å². The number of hydrogen-bond donors (Lipinski definition) is 3. The zero-order chi connectivity index (χ0) is 34.9. The van der Waals surface area contributed by atoms with Crippen LogP contribution < -0.4 is 16.4 Å². The van der Waals surface area contributed by atoms with Crippen LogP contribution in [0.4, 0.5) is 5.69 Å². The first-order valence-electron chi connectivity index (χ1n) is 16.6. The molecule has 47 heavy (non-hydrogen) atoms. The Bertz CT molecular complexity index is 1380. The molecule has 3 rings (SSSR count). The molecule has 0 unspecified atom stereocenters. The molecule has 9 atom stereocenters. The molecular formula is C35H53BN6O5. The summed E-state index contributed by atoms with van der Waals surface area (Å²) >= 11 is 0. The first kappa shape index (κ1) is 38.1. The largest absolute Gasteiger partial charge is 0.457 e. The van der Waals surface area contributed by atoms with Crippen molar-refractivity contribution in [2.24, 2.45) is 11.8 Å². The molecule has 1 aliphatic heterocycles. The lowest BCUT2D eigenvalue weighted by Gasteiger charge is -2.46. The molecule has 1 aliphatic rings. The molecule has 0 bridgehead atoms. The number of carbonyl (C=O) groups is 2. The van der Waals surface area contributed by atoms with Crippen molar-refractivity contribution in [2.45, 2.75) is 122 Å². The van der Waals surface area contributed by atoms with Crippen molar-refractivity contribution < 1.29 is 23.8 Å². The Hall–Kier alpha value is -3.40. The van der Waals surface area contributed by atoms with E-state index < -0.39 is 47.0 Å². The topological polar surface area (TPSA) is 143 Å². The summed E-state index contributed by atoms with van der Waals surface area (Å²) in [6.07, 6.45) is 11.9. The number of aromatic nitrogens is 3. The fraction of sp³-hybridized carbons (Fsp3) is 0.657. The number of ketones is 1. The van der Waals surface area contributed by atoms with E-state index in [-0.39, 0.29) is 17.9 Å². The minimum atomic E-state index is -1.14. The van der Waals surface area contributed by atoms with Crippen molar-refractivity contribution in [1.82, 2.24) is 25.6 Å². The third-order valence-corrected chi connectivity index (χ3v) is 9.76. The number of nitrogens with two attached hydrogens (primary N) is 1. The summed E-state index contributed by atoms with van der Waals surface area (Å²) in [5.41, 5.74) is 6.31. The molecule has 2 aromatic rings. The third-order valence-electron chi connectivity index (χ3n) is 9.76. The number of nitrogen functional groups attached to an aromatic ring is 1. The number of Topliss-reactive ketones (excluding diaryl/α,β-unsaturated/α-hetero) is 1. The van der Waals surface area contributed by atoms with Gasteiger partial charge >= 0.3 is 5.97 Å². The highest BCUT2D eigenvalue weighted by Crippen LogP contribution is 2.38. The van der Waals surface area contributed by atoms with Gasteiger partial charge in [-0.3, -0.25) is 14.3 Å². The number of terminal acetylenes is 1. The maximum atomic E-state index is 13.5. The predicted molar refractivity (Wildman–Crippen MR) is 184 cm³/mol. The SMILES string of the molecule is [B][C@@H]1[C@@H](C)C(=O)[C@@H](C)C(=O)O[C@H](CC)[C@@](C)(OC#C)[C@H](NCCCCn2cc(-c3cccc(N)c3)nn2)[C@@H](C)N[C@H](C)C[C@@]1(C)OC. The van der Waals surface area contributed by atoms with Crippen LogP contribution in [0.2, 0.25) is 5.82 Å². The molecule has 0 saturated carbocycles. The highest BCUT2D eigenvalue weighted by atomic mass is 16.6. The lowest BCUT2D eigenvalue weighted by atomic mass is 9.63. The zero-order valence-corrected chi connectivity index (χ0v) is 29.3. The average molecular weight is 649 g/mol. The number of hydrogen-bond acceptors (Lipinski definition) is 10. The summed E-state index contributed by atoms with van der Waals surface area (Å²) < 4.78 is 19.8. The Balaban J connectivity index is 1.82. The van der Waals surface area contributed by atoms with Crippen molar-refractivity contribution in [3.8, 4) is 23.8 Å². The van der Waals surface area contributed by atoms with Crippen LogP contribution in [-0.2, 0) is 30.3 Å². The summed E-state index contributed by atoms with van der Waals surface area (Å²) in [5, 5.41) is 15.9. The van der Waals surface area contributed by atoms with E-state index in [0.29, 0.717) is 31.6 Å². The molecule has 0 amide bonds. The number of esters is 1. The summed E-state index contributed by atoms with van der Waals surface area (Å²) in [5.74, 6) is -3.25. The van der Waals surface area contributed by atoms with E-state index >= 15 is 0 Å². The van der Waals surface area contributed by atoms with Gasteiger partial charge in [-0.15, -0.1) is 5.10 Å². The zero-order valence-electron chi connectivity index (χ0n) is 29.3. The van der Waals surface area contributed by atoms with Gasteiger partial charge in [0.05, 0.1) is 25.7 Å². The summed E-state index contributed by atoms with van der Waals surface area (Å²) in [7, 11) is 8.25. The number of anilines is 1. The first-order chi connectivity index (χ1) is 22.2. The lowest BCUT2D eigenvalue weighted by molar-refractivity contribution is -0.174. The van der Waals surface area contributed by atoms with E-state index in [2.05, 4.69) is 40.9 Å². The molecular weight excluding hydrogens is 595 g/mol. The fourth-order valence-electron chi connectivity index (χ4n) is 6.86. The summed E-state index contributed by atoms with van der Waals surface area (Å²) in [6, 6.07) is 6.91. The number of benzene rings is 1. The maximum absolute atomic E-state index is 13.5. The molecule has 0 spiro atoms. The maximum Gasteiger partial charge on any atom is 0.316 e. The van der Waals surface area contributed by atoms with Crippen molar-refractivity contribution in [3.63, 3.8) is 0 Å². The van der Waals surface area contributed by atoms with Gasteiger partial charge in [0, 0.05) is 42.9 Å². The Kier molecular flexibility index (Phi) is 13.5. The third kappa shape index (κ3) is 9.15. The van der Waals surface area contributed by atoms with E-state index in [1.54, 1.807) is 21.0 Å². The number of unbranched alkanes of at least 4 members (excludes halogenated alkanes) is 1. The predicted octanol–water partition coefficient (Wildman–Crippen LogP) is 3.93. The van der Waals surface area contributed by atoms with Crippen LogP contribution >= 0.6 is 0 Å². The highest BCUT2D eigenvalue weighted by Gasteiger charge is 2.49. The Morgan fingerprint density at radius 2 is 1.96 bits per heavy atom. The van der Waals surface area contributed by atoms with Crippen LogP contribution in [0.5, 0.6) is 0 Å². The molecule has 4 N–H and O–H groups in total. The van der Waals surface area contributed by atoms with Crippen LogP contribution in [0, 0.1) is 24.4 Å². The Morgan fingerprint density at radius 1 is 1.23 bits per heavy atom. The van der Waals surface area contributed by atoms with Gasteiger partial charge < -0.3 is 30.6 Å². The second kappa shape index (κ2) is 16.6. The second-order valence-corrected chi connectivity index (χ2v) is 13.4. The highest BCUT2D eigenvalue weighted by molar-refractivity contribution is 6.15. The van der Waals surface area contributed by atoms with Crippen LogP contribution in [-0.4, -0.2) is 83.7 Å². The van der Waals surface area contributed by atoms with Crippen LogP contribution in [0.1, 0.15) is 74.1 Å². The number of cyclic esters (lactones) is 1. The van der Waals surface area contributed by atoms with E-state index in [1.165, 1.54) is 0 Å². The first-order valence-corrected chi connectivity index (χ1v) is 16.6. The van der Waals surface area contributed by atoms with E-state index in [9.17, 15) is 9.59 Å². The molecule has 2 radical (unpaired) electrons. The average Bonchev–Trinajstić information content (AvgIpc) is 3.52. The molecule has 11 nitrogen and oxygen atoms in total. The van der Waals surface area contributed by atoms with Crippen LogP contribution in [0.15, 0.2) is 30.5 Å². The standard InChI is InChI=1S/C35H53BN6O5/c1-10-29-35(8,46-11-2)32(38-17-12-13-18-42-21-28(40-41-42)26-15-14-16-27(37)19-26)25(6)39-22(3)20-34(7,45-9)31(36)23(4)30(43)24(5)33(44)47-29/h2,14-16,19,21-25,29,31-32,38-39H,10,12-13,17-18,20,37H2,1,3-9H3/t22-,23+,24-,25-,29-,31-,32-,34-,35-/m1/s1. The molecule has 0 aliphatic carbocycles. The van der Waals surface area contributed by atoms with Crippen molar-refractivity contribution in [3.05, 3.63) is 30.5 Å². The monoisotopic (exact) mass is 648 g/mol. The second-order valence-electron chi connectivity index (χ2n) is 13.4. The van der Waals surface area contributed by atoms with Crippen molar-refractivity contribution >= 4 is 25.3 Å². The molecule has 12 heteroatoms. The molecule has 1 aromatic carbocycles. The molecule has 2 heterocycles. The van der Waals surface area contributed by atoms with Gasteiger partial charge in [-0.25, -0.2) is 0 Å². The van der Waals surface area contributed by atoms with E-state index in [4.69, 9.17) is 34.2 Å². The van der Waals surface area contributed by atoms with Gasteiger partial charge in [-0.1, -0.05) is 37.6 Å². The molecule has 1 fully saturated rings. The smallest absolute Gasteiger partial charge is 0.316 e. The number of ether oxygens (including phenoxy) is 3. The normalized spacial score (nSPS) is 32.6. The van der Waals surface area contributed by atoms with Crippen molar-refractivity contribution in [1.29, 1.82) is 0 Å². The number of carbonyl (C=O) groups excluding carboxylic acids is 2. The number of aryl methyl sites for hydroxylation is 1.